The van der Waals surface area contributed by atoms with Gasteiger partial charge in [0.15, 0.2) is 26.6 Å². The average molecular weight is 2080 g/mol. The van der Waals surface area contributed by atoms with Crippen LogP contribution in [0.2, 0.25) is 18.1 Å². The molecule has 33 nitrogen and oxygen atoms in total. The molecule has 8 amide bonds. The van der Waals surface area contributed by atoms with E-state index in [1.54, 1.807) is 62.3 Å². The van der Waals surface area contributed by atoms with E-state index < -0.39 is 167 Å². The number of aliphatic hydroxyl groups is 2. The number of carbonyl (C=O) groups is 12. The number of nitrogens with one attached hydrogen (secondary N) is 8. The van der Waals surface area contributed by atoms with Crippen molar-refractivity contribution in [3.63, 3.8) is 0 Å². The zero-order valence-electron chi connectivity index (χ0n) is 86.7. The van der Waals surface area contributed by atoms with E-state index in [0.29, 0.717) is 147 Å². The summed E-state index contributed by atoms with van der Waals surface area (Å²) in [6, 6.07) is 23.8. The topological polar surface area (TPSA) is 436 Å². The predicted molar refractivity (Wildman–Crippen MR) is 558 cm³/mol. The van der Waals surface area contributed by atoms with E-state index in [1.807, 2.05) is 135 Å². The zero-order valence-corrected chi connectivity index (χ0v) is 90.0. The van der Waals surface area contributed by atoms with Crippen LogP contribution in [0, 0.1) is 34.0 Å². The van der Waals surface area contributed by atoms with Crippen molar-refractivity contribution in [3.05, 3.63) is 143 Å². The Labute approximate surface area is 866 Å². The summed E-state index contributed by atoms with van der Waals surface area (Å²) in [7, 11) is -2.06. The Balaban J connectivity index is 0.000000196. The Hall–Kier alpha value is -10.4. The highest BCUT2D eigenvalue weighted by Crippen LogP contribution is 2.47. The minimum Gasteiger partial charge on any atom is -0.460 e. The molecule has 6 fully saturated rings. The van der Waals surface area contributed by atoms with Gasteiger partial charge in [-0.25, -0.2) is 16.3 Å². The van der Waals surface area contributed by atoms with Crippen molar-refractivity contribution in [2.45, 2.75) is 339 Å². The van der Waals surface area contributed by atoms with E-state index in [0.717, 1.165) is 55.1 Å². The first-order chi connectivity index (χ1) is 68.3. The van der Waals surface area contributed by atoms with Gasteiger partial charge in [-0.2, -0.15) is 0 Å². The lowest BCUT2D eigenvalue weighted by molar-refractivity contribution is -0.169. The lowest BCUT2D eigenvalue weighted by atomic mass is 9.72. The smallest absolute Gasteiger partial charge is 0.325 e. The van der Waals surface area contributed by atoms with Gasteiger partial charge in [0.25, 0.3) is 35.4 Å². The van der Waals surface area contributed by atoms with Crippen LogP contribution in [0.3, 0.4) is 0 Å². The number of halogens is 3. The number of hydrogen-bond acceptors (Lipinski definition) is 25. The van der Waals surface area contributed by atoms with Crippen LogP contribution in [0.15, 0.2) is 109 Å². The highest BCUT2D eigenvalue weighted by Gasteiger charge is 2.50. The van der Waals surface area contributed by atoms with Gasteiger partial charge >= 0.3 is 23.9 Å². The summed E-state index contributed by atoms with van der Waals surface area (Å²) < 4.78 is 28.1. The molecule has 10 bridgehead atoms. The van der Waals surface area contributed by atoms with Crippen LogP contribution < -0.4 is 42.9 Å². The van der Waals surface area contributed by atoms with E-state index in [4.69, 9.17) is 73.1 Å². The molecule has 3 aliphatic carbocycles. The van der Waals surface area contributed by atoms with Crippen molar-refractivity contribution in [3.8, 4) is 0 Å². The molecule has 14 rings (SSSR count). The van der Waals surface area contributed by atoms with Crippen LogP contribution in [-0.4, -0.2) is 223 Å². The van der Waals surface area contributed by atoms with Crippen LogP contribution >= 0.6 is 34.8 Å². The quantitative estimate of drug-likeness (QED) is 0.0197. The molecule has 5 aliphatic heterocycles. The third-order valence-corrected chi connectivity index (χ3v) is 34.2. The molecule has 8 aliphatic rings. The fraction of sp³-hybridized carbons (Fsp3) is 0.583. The number of benzene rings is 3. The molecule has 37 heteroatoms. The van der Waals surface area contributed by atoms with Gasteiger partial charge in [-0.3, -0.25) is 87.5 Å². The lowest BCUT2D eigenvalue weighted by Gasteiger charge is -2.43. The number of fused-ring (bicyclic) bond motifs is 9. The van der Waals surface area contributed by atoms with Crippen LogP contribution in [0.4, 0.5) is 0 Å². The monoisotopic (exact) mass is 2080 g/mol. The van der Waals surface area contributed by atoms with Gasteiger partial charge in [0, 0.05) is 47.6 Å². The first-order valence-electron chi connectivity index (χ1n) is 51.3. The molecule has 6 aromatic rings. The van der Waals surface area contributed by atoms with Gasteiger partial charge < -0.3 is 60.2 Å². The number of rotatable bonds is 15. The molecule has 788 valence electrons. The molecule has 2 spiro atoms. The van der Waals surface area contributed by atoms with Crippen LogP contribution in [0.25, 0.3) is 50.9 Å². The Morgan fingerprint density at radius 3 is 1.43 bits per heavy atom. The number of aromatic nitrogens is 3. The van der Waals surface area contributed by atoms with E-state index in [2.05, 4.69) is 96.6 Å². The number of carbonyl (C=O) groups excluding carboxylic acids is 12. The highest BCUT2D eigenvalue weighted by molar-refractivity contribution is 6.74. The first kappa shape index (κ1) is 113. The molecule has 10 N–H and O–H groups in total. The Morgan fingerprint density at radius 1 is 0.545 bits per heavy atom. The molecule has 3 aromatic carbocycles. The molecular weight excluding hydrogens is 1930 g/mol. The van der Waals surface area contributed by atoms with Gasteiger partial charge in [-0.05, 0) is 245 Å². The number of esters is 4. The Kier molecular flexibility index (Phi) is 38.1. The molecular formula is C108H147Cl3N14O19Si. The molecule has 11 atom stereocenters. The standard InChI is InChI=1S/C42H61Cl3N4O7Si.2C33H43N5O6/c1-26(2)32-16-15-30-14-13-29(24-34(30)47-32)17-20-41(21-18-31(19-22-41)56-57(9,10)40(6,7)8)39(53)55-35(27(3)4)36(50)46-28(5)37(51)49-23-11-12-33(48-49)38(52)54-25-42(43,44)45;2*1-19(2)28-30(41)35-21(4)31(42)38-17-5-6-26(37-38)29(40)34-20(3)25-10-9-23-8-7-22(18-27(23)36-25)11-14-33(32(43)44-28)15-12-24(39)13-16-33/h13-17,20,24,26-28,31,33,35,48H,11-12,18-19,21-23,25H2,1-10H3,(H,46,50);2*7-11,14,18-21,24,26,28,37,39H,5-6,12-13,15-17H2,1-4H3,(H,34,40)(H,35,41)/b20-17+;2*14-11+/t28-,31?,33-,35-,41?;20-,21+,24?,26+,28+,33?;/m01./s1. The van der Waals surface area contributed by atoms with E-state index in [9.17, 15) is 67.7 Å². The van der Waals surface area contributed by atoms with Crippen LogP contribution in [-0.2, 0) is 80.9 Å². The van der Waals surface area contributed by atoms with Gasteiger partial charge in [0.2, 0.25) is 15.6 Å². The van der Waals surface area contributed by atoms with E-state index in [-0.39, 0.29) is 52.8 Å². The van der Waals surface area contributed by atoms with Crippen LogP contribution in [0.5, 0.6) is 0 Å². The number of alkyl halides is 3. The summed E-state index contributed by atoms with van der Waals surface area (Å²) in [5.74, 6) is -6.51. The predicted octanol–water partition coefficient (Wildman–Crippen LogP) is 14.7. The molecule has 3 saturated heterocycles. The fourth-order valence-electron chi connectivity index (χ4n) is 19.1. The van der Waals surface area contributed by atoms with Crippen molar-refractivity contribution >= 4 is 165 Å². The Morgan fingerprint density at radius 2 is 0.986 bits per heavy atom. The number of pyridine rings is 3. The summed E-state index contributed by atoms with van der Waals surface area (Å²) >= 11 is 17.1. The van der Waals surface area contributed by atoms with Gasteiger partial charge in [-0.1, -0.05) is 202 Å². The Bertz CT molecular complexity index is 5570. The van der Waals surface area contributed by atoms with Gasteiger partial charge in [-0.15, -0.1) is 0 Å². The molecule has 8 heterocycles. The number of hydrazine groups is 3. The largest absolute Gasteiger partial charge is 0.460 e. The van der Waals surface area contributed by atoms with Crippen molar-refractivity contribution in [1.82, 2.24) is 72.8 Å². The third kappa shape index (κ3) is 29.2. The molecule has 3 aromatic heterocycles. The SMILES string of the molecule is CC(C)[C@@H]1OC(=O)C2(/C=C/c3ccc4ccc(nc4c3)[C@@H](C)NC(=O)[C@@H]3CCCN(N3)C(=O)[C@H](C)NC1=O)CCC(O)CC2.CC(C)c1ccc2ccc(/C=C/C3(C(=O)O[C@H](C(=O)N[C@@H](C)C(=O)N4CCC[C@@H](C(=O)OCC(Cl)(Cl)Cl)N4)C(C)C)CCC(O[Si](C)(C)C(C)(C)C)CC3)cc2n1.CC1NC(=O)C(C(C)C)OC(=O)C2(/C=C/c3ccc4ccc(nc4c3)C(C)NC(=O)C3CCCN(N3)C1=O)CCC(O)CC2. The number of amides is 8. The highest BCUT2D eigenvalue weighted by atomic mass is 35.6. The molecule has 3 saturated carbocycles. The summed E-state index contributed by atoms with van der Waals surface area (Å²) in [5.41, 5.74) is 13.2. The van der Waals surface area contributed by atoms with Crippen molar-refractivity contribution < 1.29 is 91.1 Å². The number of nitrogens with zero attached hydrogens (tertiary/aromatic N) is 6. The number of ether oxygens (including phenoxy) is 4. The number of cyclic esters (lactones) is 2. The van der Waals surface area contributed by atoms with Crippen molar-refractivity contribution in [1.29, 1.82) is 0 Å². The van der Waals surface area contributed by atoms with Gasteiger partial charge in [0.1, 0.15) is 42.9 Å². The molecule has 4 unspecified atom stereocenters. The van der Waals surface area contributed by atoms with E-state index in [1.165, 1.54) is 15.0 Å². The molecule has 145 heavy (non-hydrogen) atoms. The molecule has 0 radical (unpaired) electrons. The second-order valence-corrected chi connectivity index (χ2v) is 50.5. The first-order valence-corrected chi connectivity index (χ1v) is 55.3. The maximum absolute atomic E-state index is 14.5. The number of aliphatic hydroxyl groups excluding tert-OH is 2. The number of hydrogen-bond donors (Lipinski definition) is 10. The second-order valence-electron chi connectivity index (χ2n) is 43.3. The normalized spacial score (nSPS) is 27.8. The fourth-order valence-corrected chi connectivity index (χ4v) is 20.6. The average Bonchev–Trinajstić information content (AvgIpc) is 1.28. The van der Waals surface area contributed by atoms with Crippen molar-refractivity contribution in [2.24, 2.45) is 34.0 Å². The minimum absolute atomic E-state index is 0.00925. The third-order valence-electron chi connectivity index (χ3n) is 29.3. The lowest BCUT2D eigenvalue weighted by Crippen LogP contribution is -2.61. The van der Waals surface area contributed by atoms with Gasteiger partial charge in [0.05, 0.1) is 68.5 Å². The maximum Gasteiger partial charge on any atom is 0.325 e. The summed E-state index contributed by atoms with van der Waals surface area (Å²) in [5, 5.41) is 41.7. The summed E-state index contributed by atoms with van der Waals surface area (Å²) in [6.07, 6.45) is 15.6. The summed E-state index contributed by atoms with van der Waals surface area (Å²) in [4.78, 5) is 177. The maximum atomic E-state index is 14.5. The van der Waals surface area contributed by atoms with E-state index >= 15 is 0 Å². The van der Waals surface area contributed by atoms with Crippen LogP contribution in [0.1, 0.15) is 278 Å². The summed E-state index contributed by atoms with van der Waals surface area (Å²) in [6.45, 7) is 35.1. The minimum atomic E-state index is -2.06. The second kappa shape index (κ2) is 48.7. The van der Waals surface area contributed by atoms with Crippen molar-refractivity contribution in [2.75, 3.05) is 26.2 Å². The zero-order chi connectivity index (χ0) is 106.